The van der Waals surface area contributed by atoms with Gasteiger partial charge in [-0.1, -0.05) is 0 Å². The molecular formula is C11H12BrN5. The van der Waals surface area contributed by atoms with Crippen LogP contribution in [-0.2, 0) is 12.8 Å². The lowest BCUT2D eigenvalue weighted by Crippen LogP contribution is -2.12. The van der Waals surface area contributed by atoms with E-state index in [9.17, 15) is 0 Å². The lowest BCUT2D eigenvalue weighted by Gasteiger charge is -2.16. The van der Waals surface area contributed by atoms with Crippen LogP contribution < -0.4 is 5.73 Å². The Balaban J connectivity index is 2.14. The molecule has 0 unspecified atom stereocenters. The number of rotatable bonds is 1. The van der Waals surface area contributed by atoms with Gasteiger partial charge in [0.15, 0.2) is 11.6 Å². The van der Waals surface area contributed by atoms with E-state index in [0.29, 0.717) is 5.82 Å². The molecule has 0 atom stereocenters. The molecule has 0 fully saturated rings. The minimum atomic E-state index is 0.480. The Kier molecular flexibility index (Phi) is 2.58. The quantitative estimate of drug-likeness (QED) is 0.872. The molecule has 17 heavy (non-hydrogen) atoms. The summed E-state index contributed by atoms with van der Waals surface area (Å²) in [5.41, 5.74) is 8.08. The third kappa shape index (κ3) is 1.82. The van der Waals surface area contributed by atoms with E-state index in [1.165, 1.54) is 18.4 Å². The second-order valence-corrected chi connectivity index (χ2v) is 4.99. The first kappa shape index (κ1) is 10.7. The molecule has 0 saturated carbocycles. The van der Waals surface area contributed by atoms with Gasteiger partial charge in [0.1, 0.15) is 6.33 Å². The van der Waals surface area contributed by atoms with Crippen LogP contribution in [-0.4, -0.2) is 19.7 Å². The number of aryl methyl sites for hydroxylation is 1. The second-order valence-electron chi connectivity index (χ2n) is 4.14. The Morgan fingerprint density at radius 2 is 2.06 bits per heavy atom. The molecule has 5 nitrogen and oxygen atoms in total. The maximum absolute atomic E-state index is 5.73. The summed E-state index contributed by atoms with van der Waals surface area (Å²) in [5, 5.41) is 4.25. The number of hydrogen-bond acceptors (Lipinski definition) is 4. The van der Waals surface area contributed by atoms with Crippen LogP contribution in [0, 0.1) is 0 Å². The summed E-state index contributed by atoms with van der Waals surface area (Å²) in [6, 6.07) is 0. The fourth-order valence-electron chi connectivity index (χ4n) is 2.18. The van der Waals surface area contributed by atoms with Crippen LogP contribution in [0.3, 0.4) is 0 Å². The summed E-state index contributed by atoms with van der Waals surface area (Å²) in [6.45, 7) is 0. The van der Waals surface area contributed by atoms with Crippen molar-refractivity contribution in [3.8, 4) is 5.82 Å². The van der Waals surface area contributed by atoms with Gasteiger partial charge >= 0.3 is 0 Å². The van der Waals surface area contributed by atoms with E-state index in [4.69, 9.17) is 5.73 Å². The summed E-state index contributed by atoms with van der Waals surface area (Å²) in [7, 11) is 0. The van der Waals surface area contributed by atoms with E-state index in [1.54, 1.807) is 11.0 Å². The first-order valence-electron chi connectivity index (χ1n) is 5.59. The van der Waals surface area contributed by atoms with Crippen molar-refractivity contribution in [1.82, 2.24) is 19.7 Å². The number of anilines is 1. The van der Waals surface area contributed by atoms with Crippen LogP contribution in [0.2, 0.25) is 0 Å². The van der Waals surface area contributed by atoms with Gasteiger partial charge in [-0.2, -0.15) is 0 Å². The number of aromatic nitrogens is 4. The zero-order valence-electron chi connectivity index (χ0n) is 9.23. The molecule has 2 aromatic heterocycles. The van der Waals surface area contributed by atoms with Gasteiger partial charge in [-0.05, 0) is 41.6 Å². The SMILES string of the molecule is Nc1nn(-c2ncnc3c2CCCC3)cc1Br. The first-order valence-corrected chi connectivity index (χ1v) is 6.39. The van der Waals surface area contributed by atoms with Crippen molar-refractivity contribution in [3.63, 3.8) is 0 Å². The molecule has 2 aromatic rings. The molecule has 1 aliphatic carbocycles. The minimum Gasteiger partial charge on any atom is -0.381 e. The highest BCUT2D eigenvalue weighted by atomic mass is 79.9. The van der Waals surface area contributed by atoms with E-state index < -0.39 is 0 Å². The highest BCUT2D eigenvalue weighted by Crippen LogP contribution is 2.25. The van der Waals surface area contributed by atoms with Gasteiger partial charge in [-0.25, -0.2) is 14.6 Å². The van der Waals surface area contributed by atoms with E-state index >= 15 is 0 Å². The maximum Gasteiger partial charge on any atom is 0.160 e. The predicted molar refractivity (Wildman–Crippen MR) is 67.9 cm³/mol. The average Bonchev–Trinajstić information content (AvgIpc) is 2.69. The number of nitrogens with two attached hydrogens (primary N) is 1. The highest BCUT2D eigenvalue weighted by molar-refractivity contribution is 9.10. The lowest BCUT2D eigenvalue weighted by atomic mass is 9.96. The van der Waals surface area contributed by atoms with Gasteiger partial charge in [0, 0.05) is 17.5 Å². The van der Waals surface area contributed by atoms with Gasteiger partial charge < -0.3 is 5.73 Å². The fraction of sp³-hybridized carbons (Fsp3) is 0.364. The van der Waals surface area contributed by atoms with Crippen LogP contribution in [0.25, 0.3) is 5.82 Å². The Labute approximate surface area is 107 Å². The summed E-state index contributed by atoms with van der Waals surface area (Å²) in [6.07, 6.45) is 7.88. The Morgan fingerprint density at radius 1 is 1.24 bits per heavy atom. The number of nitrogens with zero attached hydrogens (tertiary/aromatic N) is 4. The molecule has 2 N–H and O–H groups in total. The second kappa shape index (κ2) is 4.10. The molecule has 88 valence electrons. The van der Waals surface area contributed by atoms with Gasteiger partial charge in [-0.3, -0.25) is 0 Å². The summed E-state index contributed by atoms with van der Waals surface area (Å²) < 4.78 is 2.52. The van der Waals surface area contributed by atoms with Crippen LogP contribution in [0.5, 0.6) is 0 Å². The predicted octanol–water partition coefficient (Wildman–Crippen LogP) is 1.89. The Morgan fingerprint density at radius 3 is 2.82 bits per heavy atom. The average molecular weight is 294 g/mol. The van der Waals surface area contributed by atoms with Crippen molar-refractivity contribution in [2.75, 3.05) is 5.73 Å². The van der Waals surface area contributed by atoms with Crippen molar-refractivity contribution in [1.29, 1.82) is 0 Å². The first-order chi connectivity index (χ1) is 8.25. The van der Waals surface area contributed by atoms with E-state index in [0.717, 1.165) is 28.8 Å². The summed E-state index contributed by atoms with van der Waals surface area (Å²) in [4.78, 5) is 8.67. The molecule has 0 bridgehead atoms. The third-order valence-electron chi connectivity index (χ3n) is 3.02. The Hall–Kier alpha value is -1.43. The molecule has 0 spiro atoms. The number of hydrogen-bond donors (Lipinski definition) is 1. The maximum atomic E-state index is 5.73. The number of fused-ring (bicyclic) bond motifs is 1. The van der Waals surface area contributed by atoms with Crippen LogP contribution in [0.4, 0.5) is 5.82 Å². The third-order valence-corrected chi connectivity index (χ3v) is 3.63. The summed E-state index contributed by atoms with van der Waals surface area (Å²) in [5.74, 6) is 1.33. The topological polar surface area (TPSA) is 69.6 Å². The standard InChI is InChI=1S/C11H12BrN5/c12-8-5-17(16-10(8)13)11-7-3-1-2-4-9(7)14-6-15-11/h5-6H,1-4H2,(H2,13,16). The zero-order chi connectivity index (χ0) is 11.8. The normalized spacial score (nSPS) is 14.6. The smallest absolute Gasteiger partial charge is 0.160 e. The molecule has 1 aliphatic rings. The largest absolute Gasteiger partial charge is 0.381 e. The molecule has 0 aromatic carbocycles. The van der Waals surface area contributed by atoms with Gasteiger partial charge in [0.25, 0.3) is 0 Å². The van der Waals surface area contributed by atoms with Gasteiger partial charge in [0.2, 0.25) is 0 Å². The van der Waals surface area contributed by atoms with Gasteiger partial charge in [0.05, 0.1) is 4.47 Å². The summed E-state index contributed by atoms with van der Waals surface area (Å²) >= 11 is 3.36. The van der Waals surface area contributed by atoms with Crippen molar-refractivity contribution in [2.45, 2.75) is 25.7 Å². The minimum absolute atomic E-state index is 0.480. The van der Waals surface area contributed by atoms with E-state index in [-0.39, 0.29) is 0 Å². The van der Waals surface area contributed by atoms with Crippen molar-refractivity contribution in [2.24, 2.45) is 0 Å². The lowest BCUT2D eigenvalue weighted by molar-refractivity contribution is 0.650. The van der Waals surface area contributed by atoms with Crippen LogP contribution >= 0.6 is 15.9 Å². The van der Waals surface area contributed by atoms with E-state index in [2.05, 4.69) is 31.0 Å². The van der Waals surface area contributed by atoms with Crippen LogP contribution in [0.1, 0.15) is 24.1 Å². The molecule has 6 heteroatoms. The van der Waals surface area contributed by atoms with Crippen molar-refractivity contribution < 1.29 is 0 Å². The van der Waals surface area contributed by atoms with Gasteiger partial charge in [-0.15, -0.1) is 5.10 Å². The molecular weight excluding hydrogens is 282 g/mol. The molecule has 0 aliphatic heterocycles. The molecule has 2 heterocycles. The van der Waals surface area contributed by atoms with Crippen molar-refractivity contribution >= 4 is 21.7 Å². The Bertz CT molecular complexity index is 543. The molecule has 0 amide bonds. The molecule has 3 rings (SSSR count). The monoisotopic (exact) mass is 293 g/mol. The molecule has 0 saturated heterocycles. The van der Waals surface area contributed by atoms with E-state index in [1.807, 2.05) is 6.20 Å². The van der Waals surface area contributed by atoms with Crippen LogP contribution in [0.15, 0.2) is 17.0 Å². The number of nitrogen functional groups attached to an aromatic ring is 1. The highest BCUT2D eigenvalue weighted by Gasteiger charge is 2.17. The molecule has 0 radical (unpaired) electrons. The zero-order valence-corrected chi connectivity index (χ0v) is 10.8. The number of halogens is 1. The fourth-order valence-corrected chi connectivity index (χ4v) is 2.45. The van der Waals surface area contributed by atoms with Crippen molar-refractivity contribution in [3.05, 3.63) is 28.3 Å².